The van der Waals surface area contributed by atoms with Crippen LogP contribution in [-0.4, -0.2) is 168 Å². The number of ether oxygens (including phenoxy) is 2. The first-order chi connectivity index (χ1) is 33.4. The van der Waals surface area contributed by atoms with Gasteiger partial charge in [-0.05, 0) is 109 Å². The number of likely N-dealkylation sites (tertiary alicyclic amines) is 2. The first-order valence-electron chi connectivity index (χ1n) is 23.6. The minimum Gasteiger partial charge on any atom is -0.492 e. The molecular formula is C52H62F6N4O8. The van der Waals surface area contributed by atoms with Crippen molar-refractivity contribution < 1.29 is 65.8 Å². The normalized spacial score (nSPS) is 21.4. The molecule has 0 aliphatic carbocycles. The van der Waals surface area contributed by atoms with E-state index in [0.29, 0.717) is 50.6 Å². The van der Waals surface area contributed by atoms with Crippen molar-refractivity contribution in [3.63, 3.8) is 0 Å². The molecule has 12 nitrogen and oxygen atoms in total. The van der Waals surface area contributed by atoms with E-state index < -0.39 is 62.2 Å². The molecule has 0 bridgehead atoms. The SMILES string of the molecule is C[C@@H]1Cc2cc(C(=O)O)ccc2[C@@H](c2ccc(OCCN3CC(CF)C3)cc2)N1CC(F)(F)CO.C[C@@H]1Cc2cc(C(=O)O)ccc2[C@@H](c2ccc(OCCN3CC(CF)C3)cc2)N1CC(F)(F)CO. The zero-order valence-corrected chi connectivity index (χ0v) is 39.3. The molecule has 0 aromatic heterocycles. The Morgan fingerprint density at radius 1 is 0.586 bits per heavy atom. The van der Waals surface area contributed by atoms with Gasteiger partial charge in [0.15, 0.2) is 0 Å². The topological polar surface area (TPSA) is 146 Å². The Bertz CT molecular complexity index is 2220. The monoisotopic (exact) mass is 984 g/mol. The van der Waals surface area contributed by atoms with E-state index in [1.165, 1.54) is 12.1 Å². The fraction of sp³-hybridized carbons (Fsp3) is 0.500. The highest BCUT2D eigenvalue weighted by molar-refractivity contribution is 5.88. The van der Waals surface area contributed by atoms with Crippen molar-refractivity contribution in [1.82, 2.24) is 19.6 Å². The van der Waals surface area contributed by atoms with Gasteiger partial charge in [0.25, 0.3) is 11.8 Å². The van der Waals surface area contributed by atoms with E-state index in [4.69, 9.17) is 9.47 Å². The number of alkyl halides is 6. The number of carboxylic acids is 2. The van der Waals surface area contributed by atoms with Gasteiger partial charge in [-0.1, -0.05) is 36.4 Å². The molecule has 0 amide bonds. The molecule has 4 aromatic carbocycles. The molecule has 0 spiro atoms. The van der Waals surface area contributed by atoms with Crippen molar-refractivity contribution in [2.45, 2.75) is 62.7 Å². The van der Waals surface area contributed by atoms with E-state index >= 15 is 0 Å². The van der Waals surface area contributed by atoms with E-state index in [9.17, 15) is 56.4 Å². The Kier molecular flexibility index (Phi) is 17.2. The Morgan fingerprint density at radius 3 is 1.26 bits per heavy atom. The van der Waals surface area contributed by atoms with Crippen LogP contribution in [0.3, 0.4) is 0 Å². The van der Waals surface area contributed by atoms with Crippen molar-refractivity contribution in [1.29, 1.82) is 0 Å². The van der Waals surface area contributed by atoms with Crippen LogP contribution in [0.25, 0.3) is 0 Å². The zero-order chi connectivity index (χ0) is 50.3. The number of benzene rings is 4. The van der Waals surface area contributed by atoms with E-state index in [1.54, 1.807) is 58.3 Å². The number of fused-ring (bicyclic) bond motifs is 2. The number of aromatic carboxylic acids is 2. The zero-order valence-electron chi connectivity index (χ0n) is 39.3. The van der Waals surface area contributed by atoms with E-state index in [0.717, 1.165) is 59.6 Å². The van der Waals surface area contributed by atoms with Gasteiger partial charge in [0.1, 0.15) is 37.9 Å². The summed E-state index contributed by atoms with van der Waals surface area (Å²) in [5, 5.41) is 37.1. The first kappa shape index (κ1) is 52.6. The molecule has 4 atom stereocenters. The maximum Gasteiger partial charge on any atom is 0.335 e. The van der Waals surface area contributed by atoms with Crippen molar-refractivity contribution in [2.75, 3.05) is 92.1 Å². The highest BCUT2D eigenvalue weighted by atomic mass is 19.3. The quantitative estimate of drug-likeness (QED) is 0.0662. The van der Waals surface area contributed by atoms with Crippen LogP contribution in [0.4, 0.5) is 26.3 Å². The van der Waals surface area contributed by atoms with Gasteiger partial charge in [0.05, 0.1) is 49.6 Å². The van der Waals surface area contributed by atoms with Gasteiger partial charge < -0.3 is 29.9 Å². The molecule has 0 unspecified atom stereocenters. The van der Waals surface area contributed by atoms with Crippen LogP contribution in [0, 0.1) is 11.8 Å². The molecule has 2 saturated heterocycles. The fourth-order valence-electron chi connectivity index (χ4n) is 9.96. The minimum absolute atomic E-state index is 0.128. The van der Waals surface area contributed by atoms with Crippen molar-refractivity contribution >= 4 is 11.9 Å². The van der Waals surface area contributed by atoms with Crippen LogP contribution in [0.1, 0.15) is 80.0 Å². The number of hydrogen-bond donors (Lipinski definition) is 4. The Hall–Kier alpha value is -5.24. The average Bonchev–Trinajstić information content (AvgIpc) is 3.31. The minimum atomic E-state index is -3.27. The smallest absolute Gasteiger partial charge is 0.335 e. The lowest BCUT2D eigenvalue weighted by Crippen LogP contribution is -2.49. The molecule has 0 radical (unpaired) electrons. The summed E-state index contributed by atoms with van der Waals surface area (Å²) < 4.78 is 93.9. The predicted octanol–water partition coefficient (Wildman–Crippen LogP) is 7.26. The van der Waals surface area contributed by atoms with Crippen molar-refractivity contribution in [2.24, 2.45) is 11.8 Å². The van der Waals surface area contributed by atoms with Crippen molar-refractivity contribution in [3.05, 3.63) is 129 Å². The summed E-state index contributed by atoms with van der Waals surface area (Å²) in [5.41, 5.74) is 5.04. The average molecular weight is 985 g/mol. The number of halogens is 6. The van der Waals surface area contributed by atoms with Gasteiger partial charge in [-0.25, -0.2) is 27.2 Å². The van der Waals surface area contributed by atoms with E-state index in [1.807, 2.05) is 38.1 Å². The maximum atomic E-state index is 14.3. The molecule has 0 saturated carbocycles. The van der Waals surface area contributed by atoms with Gasteiger partial charge in [-0.2, -0.15) is 0 Å². The largest absolute Gasteiger partial charge is 0.492 e. The van der Waals surface area contributed by atoms with Gasteiger partial charge in [0, 0.05) is 63.2 Å². The summed E-state index contributed by atoms with van der Waals surface area (Å²) >= 11 is 0. The summed E-state index contributed by atoms with van der Waals surface area (Å²) in [5.74, 6) is -7.07. The highest BCUT2D eigenvalue weighted by Gasteiger charge is 2.42. The van der Waals surface area contributed by atoms with Crippen molar-refractivity contribution in [3.8, 4) is 11.5 Å². The Balaban J connectivity index is 0.000000206. The summed E-state index contributed by atoms with van der Waals surface area (Å²) in [7, 11) is 0. The van der Waals surface area contributed by atoms with Gasteiger partial charge in [-0.15, -0.1) is 0 Å². The Morgan fingerprint density at radius 2 is 0.943 bits per heavy atom. The van der Waals surface area contributed by atoms with E-state index in [2.05, 4.69) is 9.80 Å². The summed E-state index contributed by atoms with van der Waals surface area (Å²) in [6.45, 7) is 4.68. The number of rotatable bonds is 20. The molecular weight excluding hydrogens is 923 g/mol. The highest BCUT2D eigenvalue weighted by Crippen LogP contribution is 2.42. The van der Waals surface area contributed by atoms with Crippen LogP contribution >= 0.6 is 0 Å². The van der Waals surface area contributed by atoms with Crippen LogP contribution in [-0.2, 0) is 12.8 Å². The molecule has 70 heavy (non-hydrogen) atoms. The second-order valence-corrected chi connectivity index (χ2v) is 19.1. The molecule has 4 N–H and O–H groups in total. The third-order valence-corrected chi connectivity index (χ3v) is 13.7. The predicted molar refractivity (Wildman–Crippen MR) is 250 cm³/mol. The summed E-state index contributed by atoms with van der Waals surface area (Å²) in [6, 6.07) is 22.5. The molecule has 4 heterocycles. The third kappa shape index (κ3) is 12.8. The Labute approximate surface area is 404 Å². The number of aliphatic hydroxyl groups is 2. The molecule has 8 rings (SSSR count). The second kappa shape index (κ2) is 22.9. The van der Waals surface area contributed by atoms with Crippen LogP contribution < -0.4 is 9.47 Å². The summed E-state index contributed by atoms with van der Waals surface area (Å²) in [6.07, 6.45) is 0.852. The fourth-order valence-corrected chi connectivity index (χ4v) is 9.96. The van der Waals surface area contributed by atoms with E-state index in [-0.39, 0.29) is 48.4 Å². The summed E-state index contributed by atoms with van der Waals surface area (Å²) in [4.78, 5) is 30.5. The van der Waals surface area contributed by atoms with Gasteiger partial charge in [-0.3, -0.25) is 28.4 Å². The molecule has 4 aliphatic rings. The van der Waals surface area contributed by atoms with Gasteiger partial charge >= 0.3 is 11.9 Å². The first-order valence-corrected chi connectivity index (χ1v) is 23.6. The second-order valence-electron chi connectivity index (χ2n) is 19.1. The number of carboxylic acid groups (broad SMARTS) is 2. The molecule has 4 aromatic rings. The third-order valence-electron chi connectivity index (χ3n) is 13.7. The van der Waals surface area contributed by atoms with Crippen LogP contribution in [0.2, 0.25) is 0 Å². The molecule has 4 aliphatic heterocycles. The molecule has 380 valence electrons. The lowest BCUT2D eigenvalue weighted by Gasteiger charge is -2.43. The number of nitrogens with zero attached hydrogens (tertiary/aromatic N) is 4. The standard InChI is InChI=1S/2C26H31F3N2O4/c2*1-17-10-21-11-20(25(33)34)4-7-23(21)24(31(17)15-26(28,29)16-32)19-2-5-22(6-3-19)35-9-8-30-13-18(12-27)14-30/h2*2-7,11,17-18,24,32H,8-10,12-16H2,1H3,(H,33,34)/t2*17-,24-/m11/s1. The number of carbonyl (C=O) groups is 2. The molecule has 2 fully saturated rings. The number of aliphatic hydroxyl groups excluding tert-OH is 2. The van der Waals surface area contributed by atoms with Crippen LogP contribution in [0.15, 0.2) is 84.9 Å². The maximum absolute atomic E-state index is 14.3. The molecule has 18 heteroatoms. The van der Waals surface area contributed by atoms with Crippen LogP contribution in [0.5, 0.6) is 11.5 Å². The number of hydrogen-bond acceptors (Lipinski definition) is 10. The lowest BCUT2D eigenvalue weighted by molar-refractivity contribution is -0.0864. The van der Waals surface area contributed by atoms with Gasteiger partial charge in [0.2, 0.25) is 0 Å². The lowest BCUT2D eigenvalue weighted by atomic mass is 9.84.